The van der Waals surface area contributed by atoms with Crippen LogP contribution in [0.15, 0.2) is 60.7 Å². The van der Waals surface area contributed by atoms with Gasteiger partial charge in [-0.05, 0) is 18.2 Å². The molecule has 0 bridgehead atoms. The summed E-state index contributed by atoms with van der Waals surface area (Å²) in [6.07, 6.45) is 0. The lowest BCUT2D eigenvalue weighted by molar-refractivity contribution is 0.301. The third-order valence-electron chi connectivity index (χ3n) is 2.71. The predicted molar refractivity (Wildman–Crippen MR) is 71.4 cm³/mol. The topological polar surface area (TPSA) is 22.1 Å². The highest BCUT2D eigenvalue weighted by atomic mass is 16.5. The van der Waals surface area contributed by atoms with Crippen LogP contribution in [0.4, 0.5) is 0 Å². The minimum atomic E-state index is 0.464. The van der Waals surface area contributed by atoms with Crippen molar-refractivity contribution in [3.63, 3.8) is 0 Å². The summed E-state index contributed by atoms with van der Waals surface area (Å²) in [6.45, 7) is 0.464. The van der Waals surface area contributed by atoms with Crippen LogP contribution < -0.4 is 4.74 Å². The van der Waals surface area contributed by atoms with Crippen molar-refractivity contribution in [2.45, 2.75) is 6.61 Å². The molecule has 3 rings (SSSR count). The number of hydrogen-bond donors (Lipinski definition) is 0. The zero-order chi connectivity index (χ0) is 12.2. The molecule has 2 heteroatoms. The smallest absolute Gasteiger partial charge is 0.130 e. The maximum absolute atomic E-state index is 5.62. The van der Waals surface area contributed by atoms with Gasteiger partial charge in [0, 0.05) is 11.5 Å². The molecule has 1 heterocycles. The average Bonchev–Trinajstić information content (AvgIpc) is 2.46. The van der Waals surface area contributed by atoms with Crippen molar-refractivity contribution in [3.8, 4) is 5.75 Å². The second-order valence-corrected chi connectivity index (χ2v) is 4.01. The minimum absolute atomic E-state index is 0.464. The summed E-state index contributed by atoms with van der Waals surface area (Å²) in [4.78, 5) is 4.55. The Morgan fingerprint density at radius 1 is 0.944 bits per heavy atom. The molecule has 0 aliphatic carbocycles. The Labute approximate surface area is 106 Å². The van der Waals surface area contributed by atoms with Crippen LogP contribution in [-0.4, -0.2) is 4.98 Å². The van der Waals surface area contributed by atoms with E-state index < -0.39 is 0 Å². The van der Waals surface area contributed by atoms with Gasteiger partial charge in [-0.3, -0.25) is 0 Å². The van der Waals surface area contributed by atoms with Gasteiger partial charge in [-0.2, -0.15) is 0 Å². The quantitative estimate of drug-likeness (QED) is 0.690. The van der Waals surface area contributed by atoms with Crippen LogP contribution in [0.1, 0.15) is 5.69 Å². The molecule has 2 nitrogen and oxygen atoms in total. The van der Waals surface area contributed by atoms with E-state index in [2.05, 4.69) is 23.2 Å². The molecule has 0 aliphatic heterocycles. The van der Waals surface area contributed by atoms with Crippen molar-refractivity contribution >= 4 is 10.9 Å². The number of ether oxygens (including phenoxy) is 1. The fourth-order valence-corrected chi connectivity index (χ4v) is 1.81. The molecule has 0 N–H and O–H groups in total. The summed E-state index contributed by atoms with van der Waals surface area (Å²) < 4.78 is 5.62. The standard InChI is InChI=1S/C16H12NO/c1-2-7-15(8-3-1)18-12-14-11-10-13-6-4-5-9-16(13)17-14/h1-7,9-11H,12H2. The Hall–Kier alpha value is -2.35. The van der Waals surface area contributed by atoms with Gasteiger partial charge in [0.05, 0.1) is 11.2 Å². The van der Waals surface area contributed by atoms with E-state index in [4.69, 9.17) is 4.74 Å². The van der Waals surface area contributed by atoms with E-state index in [0.29, 0.717) is 6.61 Å². The molecule has 1 radical (unpaired) electrons. The SMILES string of the molecule is [c]1ccccc1OCc1ccc2ccccc2n1. The minimum Gasteiger partial charge on any atom is -0.487 e. The van der Waals surface area contributed by atoms with Crippen LogP contribution in [0.5, 0.6) is 5.75 Å². The van der Waals surface area contributed by atoms with Crippen molar-refractivity contribution in [1.29, 1.82) is 0 Å². The molecule has 2 aromatic carbocycles. The van der Waals surface area contributed by atoms with E-state index in [9.17, 15) is 0 Å². The third kappa shape index (κ3) is 2.33. The summed E-state index contributed by atoms with van der Waals surface area (Å²) in [5.74, 6) is 0.743. The number of nitrogens with zero attached hydrogens (tertiary/aromatic N) is 1. The van der Waals surface area contributed by atoms with Gasteiger partial charge >= 0.3 is 0 Å². The van der Waals surface area contributed by atoms with Gasteiger partial charge in [-0.1, -0.05) is 42.5 Å². The average molecular weight is 234 g/mol. The number of aromatic nitrogens is 1. The molecular weight excluding hydrogens is 222 g/mol. The first-order valence-corrected chi connectivity index (χ1v) is 5.86. The van der Waals surface area contributed by atoms with Gasteiger partial charge in [-0.25, -0.2) is 4.98 Å². The van der Waals surface area contributed by atoms with Crippen LogP contribution in [0, 0.1) is 6.07 Å². The molecular formula is C16H12NO. The van der Waals surface area contributed by atoms with Crippen molar-refractivity contribution in [1.82, 2.24) is 4.98 Å². The molecule has 3 aromatic rings. The Morgan fingerprint density at radius 3 is 2.72 bits per heavy atom. The highest BCUT2D eigenvalue weighted by Crippen LogP contribution is 2.14. The van der Waals surface area contributed by atoms with E-state index in [1.165, 1.54) is 0 Å². The molecule has 0 unspecified atom stereocenters. The van der Waals surface area contributed by atoms with E-state index in [0.717, 1.165) is 22.3 Å². The van der Waals surface area contributed by atoms with Gasteiger partial charge in [-0.15, -0.1) is 0 Å². The predicted octanol–water partition coefficient (Wildman–Crippen LogP) is 3.61. The number of benzene rings is 2. The normalized spacial score (nSPS) is 10.4. The fraction of sp³-hybridized carbons (Fsp3) is 0.0625. The summed E-state index contributed by atoms with van der Waals surface area (Å²) in [7, 11) is 0. The lowest BCUT2D eigenvalue weighted by Gasteiger charge is -2.05. The molecule has 0 spiro atoms. The van der Waals surface area contributed by atoms with Gasteiger partial charge < -0.3 is 4.74 Å². The Morgan fingerprint density at radius 2 is 1.83 bits per heavy atom. The van der Waals surface area contributed by atoms with Crippen molar-refractivity contribution in [2.75, 3.05) is 0 Å². The van der Waals surface area contributed by atoms with Crippen molar-refractivity contribution in [3.05, 3.63) is 72.4 Å². The molecule has 87 valence electrons. The van der Waals surface area contributed by atoms with Crippen molar-refractivity contribution < 1.29 is 4.74 Å². The van der Waals surface area contributed by atoms with Crippen molar-refractivity contribution in [2.24, 2.45) is 0 Å². The summed E-state index contributed by atoms with van der Waals surface area (Å²) in [5, 5.41) is 1.15. The zero-order valence-corrected chi connectivity index (χ0v) is 9.84. The fourth-order valence-electron chi connectivity index (χ4n) is 1.81. The van der Waals surface area contributed by atoms with Crippen LogP contribution in [0.3, 0.4) is 0 Å². The number of rotatable bonds is 3. The Balaban J connectivity index is 1.79. The van der Waals surface area contributed by atoms with Gasteiger partial charge in [0.25, 0.3) is 0 Å². The molecule has 1 aromatic heterocycles. The van der Waals surface area contributed by atoms with E-state index in [1.54, 1.807) is 0 Å². The second-order valence-electron chi connectivity index (χ2n) is 4.01. The van der Waals surface area contributed by atoms with Crippen LogP contribution in [0.25, 0.3) is 10.9 Å². The van der Waals surface area contributed by atoms with E-state index in [1.807, 2.05) is 48.5 Å². The summed E-state index contributed by atoms with van der Waals surface area (Å²) in [6, 6.07) is 22.7. The third-order valence-corrected chi connectivity index (χ3v) is 2.71. The summed E-state index contributed by atoms with van der Waals surface area (Å²) in [5.41, 5.74) is 1.92. The highest BCUT2D eigenvalue weighted by Gasteiger charge is 1.99. The number of fused-ring (bicyclic) bond motifs is 1. The van der Waals surface area contributed by atoms with Gasteiger partial charge in [0.2, 0.25) is 0 Å². The lowest BCUT2D eigenvalue weighted by atomic mass is 10.2. The second kappa shape index (κ2) is 4.88. The maximum atomic E-state index is 5.62. The largest absolute Gasteiger partial charge is 0.487 e. The molecule has 0 saturated carbocycles. The molecule has 0 aliphatic rings. The molecule has 18 heavy (non-hydrogen) atoms. The first-order chi connectivity index (χ1) is 8.92. The van der Waals surface area contributed by atoms with Crippen LogP contribution >= 0.6 is 0 Å². The van der Waals surface area contributed by atoms with Crippen LogP contribution in [0.2, 0.25) is 0 Å². The highest BCUT2D eigenvalue weighted by molar-refractivity contribution is 5.78. The monoisotopic (exact) mass is 234 g/mol. The number of hydrogen-bond acceptors (Lipinski definition) is 2. The Bertz CT molecular complexity index is 649. The van der Waals surface area contributed by atoms with E-state index in [-0.39, 0.29) is 0 Å². The molecule has 0 amide bonds. The zero-order valence-electron chi connectivity index (χ0n) is 9.84. The van der Waals surface area contributed by atoms with Gasteiger partial charge in [0.1, 0.15) is 12.4 Å². The van der Waals surface area contributed by atoms with Gasteiger partial charge in [0.15, 0.2) is 0 Å². The Kier molecular flexibility index (Phi) is 2.92. The first kappa shape index (κ1) is 10.8. The number of pyridine rings is 1. The molecule has 0 fully saturated rings. The maximum Gasteiger partial charge on any atom is 0.130 e. The lowest BCUT2D eigenvalue weighted by Crippen LogP contribution is -1.98. The van der Waals surface area contributed by atoms with Crippen LogP contribution in [-0.2, 0) is 6.61 Å². The first-order valence-electron chi connectivity index (χ1n) is 5.86. The molecule has 0 saturated heterocycles. The summed E-state index contributed by atoms with van der Waals surface area (Å²) >= 11 is 0. The van der Waals surface area contributed by atoms with E-state index >= 15 is 0 Å². The molecule has 0 atom stereocenters. The number of para-hydroxylation sites is 2.